The number of rotatable bonds is 6. The topological polar surface area (TPSA) is 60.3 Å². The van der Waals surface area contributed by atoms with E-state index in [4.69, 9.17) is 4.74 Å². The third-order valence-corrected chi connectivity index (χ3v) is 4.12. The van der Waals surface area contributed by atoms with Crippen LogP contribution in [0.3, 0.4) is 0 Å². The van der Waals surface area contributed by atoms with Gasteiger partial charge in [0.25, 0.3) is 5.56 Å². The van der Waals surface area contributed by atoms with E-state index < -0.39 is 0 Å². The van der Waals surface area contributed by atoms with Crippen molar-refractivity contribution in [1.82, 2.24) is 4.57 Å². The summed E-state index contributed by atoms with van der Waals surface area (Å²) in [5.74, 6) is 0.443. The van der Waals surface area contributed by atoms with Gasteiger partial charge in [-0.1, -0.05) is 30.3 Å². The first-order chi connectivity index (χ1) is 12.6. The monoisotopic (exact) mass is 412 g/mol. The Morgan fingerprint density at radius 1 is 1.00 bits per heavy atom. The molecule has 0 radical (unpaired) electrons. The van der Waals surface area contributed by atoms with Gasteiger partial charge in [-0.05, 0) is 51.8 Å². The molecule has 5 nitrogen and oxygen atoms in total. The molecule has 0 fully saturated rings. The van der Waals surface area contributed by atoms with Gasteiger partial charge in [-0.15, -0.1) is 0 Å². The van der Waals surface area contributed by atoms with Crippen LogP contribution in [0.1, 0.15) is 5.56 Å². The molecule has 3 aromatic rings. The van der Waals surface area contributed by atoms with E-state index in [-0.39, 0.29) is 18.0 Å². The lowest BCUT2D eigenvalue weighted by Gasteiger charge is -2.09. The SMILES string of the molecule is O=C(Cn1cc(Br)ccc1=O)Nc1ccc(OCc2ccccc2)cc1. The Kier molecular flexibility index (Phi) is 5.86. The number of benzene rings is 2. The van der Waals surface area contributed by atoms with Gasteiger partial charge >= 0.3 is 0 Å². The van der Waals surface area contributed by atoms with Gasteiger partial charge in [0, 0.05) is 22.4 Å². The summed E-state index contributed by atoms with van der Waals surface area (Å²) in [6, 6.07) is 20.1. The number of hydrogen-bond donors (Lipinski definition) is 1. The minimum absolute atomic E-state index is 0.0511. The van der Waals surface area contributed by atoms with Gasteiger partial charge in [-0.25, -0.2) is 0 Å². The molecule has 0 aliphatic heterocycles. The van der Waals surface area contributed by atoms with Crippen molar-refractivity contribution in [2.24, 2.45) is 0 Å². The normalized spacial score (nSPS) is 10.3. The maximum atomic E-state index is 12.1. The molecule has 2 aromatic carbocycles. The van der Waals surface area contributed by atoms with Crippen molar-refractivity contribution in [1.29, 1.82) is 0 Å². The number of carbonyl (C=O) groups excluding carboxylic acids is 1. The molecule has 26 heavy (non-hydrogen) atoms. The summed E-state index contributed by atoms with van der Waals surface area (Å²) in [6.07, 6.45) is 1.59. The molecular formula is C20H17BrN2O3. The average Bonchev–Trinajstić information content (AvgIpc) is 2.65. The fraction of sp³-hybridized carbons (Fsp3) is 0.100. The Morgan fingerprint density at radius 3 is 2.46 bits per heavy atom. The van der Waals surface area contributed by atoms with E-state index in [1.54, 1.807) is 36.5 Å². The Hall–Kier alpha value is -2.86. The summed E-state index contributed by atoms with van der Waals surface area (Å²) in [4.78, 5) is 23.9. The first kappa shape index (κ1) is 17.9. The molecule has 1 amide bonds. The molecule has 0 spiro atoms. The van der Waals surface area contributed by atoms with Gasteiger partial charge in [-0.2, -0.15) is 0 Å². The Balaban J connectivity index is 1.56. The summed E-state index contributed by atoms with van der Waals surface area (Å²) in [5, 5.41) is 2.77. The van der Waals surface area contributed by atoms with E-state index in [0.29, 0.717) is 12.3 Å². The molecule has 1 heterocycles. The third-order valence-electron chi connectivity index (χ3n) is 3.65. The molecule has 0 saturated heterocycles. The second-order valence-corrected chi connectivity index (χ2v) is 6.58. The number of hydrogen-bond acceptors (Lipinski definition) is 3. The van der Waals surface area contributed by atoms with Crippen molar-refractivity contribution >= 4 is 27.5 Å². The van der Waals surface area contributed by atoms with Crippen LogP contribution in [-0.4, -0.2) is 10.5 Å². The van der Waals surface area contributed by atoms with Crippen LogP contribution in [0.4, 0.5) is 5.69 Å². The van der Waals surface area contributed by atoms with Crippen molar-refractivity contribution < 1.29 is 9.53 Å². The van der Waals surface area contributed by atoms with Crippen molar-refractivity contribution in [3.8, 4) is 5.75 Å². The Bertz CT molecular complexity index is 937. The second-order valence-electron chi connectivity index (χ2n) is 5.66. The molecule has 3 rings (SSSR count). The lowest BCUT2D eigenvalue weighted by molar-refractivity contribution is -0.116. The highest BCUT2D eigenvalue weighted by molar-refractivity contribution is 9.10. The highest BCUT2D eigenvalue weighted by Gasteiger charge is 2.06. The molecule has 0 atom stereocenters. The maximum absolute atomic E-state index is 12.1. The second kappa shape index (κ2) is 8.49. The molecule has 0 aliphatic carbocycles. The quantitative estimate of drug-likeness (QED) is 0.668. The van der Waals surface area contributed by atoms with Crippen LogP contribution >= 0.6 is 15.9 Å². The van der Waals surface area contributed by atoms with E-state index in [2.05, 4.69) is 21.2 Å². The van der Waals surface area contributed by atoms with Crippen LogP contribution in [0.25, 0.3) is 0 Å². The summed E-state index contributed by atoms with van der Waals surface area (Å²) < 4.78 is 7.80. The number of carbonyl (C=O) groups is 1. The lowest BCUT2D eigenvalue weighted by Crippen LogP contribution is -2.26. The number of nitrogens with zero attached hydrogens (tertiary/aromatic N) is 1. The van der Waals surface area contributed by atoms with Gasteiger partial charge in [0.15, 0.2) is 0 Å². The maximum Gasteiger partial charge on any atom is 0.251 e. The number of aromatic nitrogens is 1. The van der Waals surface area contributed by atoms with Crippen molar-refractivity contribution in [3.63, 3.8) is 0 Å². The fourth-order valence-electron chi connectivity index (χ4n) is 2.36. The van der Waals surface area contributed by atoms with E-state index in [1.807, 2.05) is 30.3 Å². The minimum Gasteiger partial charge on any atom is -0.489 e. The summed E-state index contributed by atoms with van der Waals surface area (Å²) in [5.41, 5.74) is 1.50. The van der Waals surface area contributed by atoms with E-state index >= 15 is 0 Å². The number of anilines is 1. The van der Waals surface area contributed by atoms with Gasteiger partial charge in [-0.3, -0.25) is 9.59 Å². The molecule has 0 saturated carbocycles. The summed E-state index contributed by atoms with van der Waals surface area (Å²) in [6.45, 7) is 0.433. The first-order valence-corrected chi connectivity index (χ1v) is 8.82. The van der Waals surface area contributed by atoms with Crippen LogP contribution in [0.5, 0.6) is 5.75 Å². The van der Waals surface area contributed by atoms with Gasteiger partial charge in [0.1, 0.15) is 18.9 Å². The standard InChI is InChI=1S/C20H17BrN2O3/c21-16-6-11-20(25)23(12-16)13-19(24)22-17-7-9-18(10-8-17)26-14-15-4-2-1-3-5-15/h1-12H,13-14H2,(H,22,24). The molecule has 1 N–H and O–H groups in total. The zero-order chi connectivity index (χ0) is 18.4. The van der Waals surface area contributed by atoms with Crippen molar-refractivity contribution in [2.75, 3.05) is 5.32 Å². The smallest absolute Gasteiger partial charge is 0.251 e. The highest BCUT2D eigenvalue weighted by atomic mass is 79.9. The van der Waals surface area contributed by atoms with Crippen molar-refractivity contribution in [2.45, 2.75) is 13.2 Å². The van der Waals surface area contributed by atoms with Crippen LogP contribution < -0.4 is 15.6 Å². The predicted octanol–water partition coefficient (Wildman–Crippen LogP) is 3.83. The van der Waals surface area contributed by atoms with Crippen LogP contribution in [-0.2, 0) is 17.9 Å². The fourth-order valence-corrected chi connectivity index (χ4v) is 2.74. The lowest BCUT2D eigenvalue weighted by atomic mass is 10.2. The predicted molar refractivity (Wildman–Crippen MR) is 104 cm³/mol. The minimum atomic E-state index is -0.275. The largest absolute Gasteiger partial charge is 0.489 e. The number of amides is 1. The number of halogens is 1. The molecule has 6 heteroatoms. The summed E-state index contributed by atoms with van der Waals surface area (Å²) >= 11 is 3.29. The summed E-state index contributed by atoms with van der Waals surface area (Å²) in [7, 11) is 0. The zero-order valence-electron chi connectivity index (χ0n) is 13.9. The van der Waals surface area contributed by atoms with Crippen LogP contribution in [0.15, 0.2) is 82.2 Å². The molecule has 0 aliphatic rings. The average molecular weight is 413 g/mol. The molecular weight excluding hydrogens is 396 g/mol. The molecule has 0 bridgehead atoms. The van der Waals surface area contributed by atoms with Gasteiger partial charge < -0.3 is 14.6 Å². The molecule has 132 valence electrons. The Morgan fingerprint density at radius 2 is 1.73 bits per heavy atom. The number of pyridine rings is 1. The third kappa shape index (κ3) is 5.07. The van der Waals surface area contributed by atoms with Crippen LogP contribution in [0.2, 0.25) is 0 Å². The molecule has 1 aromatic heterocycles. The number of nitrogens with one attached hydrogen (secondary N) is 1. The number of ether oxygens (including phenoxy) is 1. The highest BCUT2D eigenvalue weighted by Crippen LogP contribution is 2.17. The van der Waals surface area contributed by atoms with Gasteiger partial charge in [0.2, 0.25) is 5.91 Å². The van der Waals surface area contributed by atoms with E-state index in [0.717, 1.165) is 15.8 Å². The van der Waals surface area contributed by atoms with E-state index in [1.165, 1.54) is 10.6 Å². The zero-order valence-corrected chi connectivity index (χ0v) is 15.5. The van der Waals surface area contributed by atoms with Crippen molar-refractivity contribution in [3.05, 3.63) is 93.3 Å². The first-order valence-electron chi connectivity index (χ1n) is 8.03. The van der Waals surface area contributed by atoms with E-state index in [9.17, 15) is 9.59 Å². The molecule has 0 unspecified atom stereocenters. The van der Waals surface area contributed by atoms with Gasteiger partial charge in [0.05, 0.1) is 0 Å². The Labute approximate surface area is 159 Å². The van der Waals surface area contributed by atoms with Crippen LogP contribution in [0, 0.1) is 0 Å².